The number of hydrogen-bond acceptors (Lipinski definition) is 3. The summed E-state index contributed by atoms with van der Waals surface area (Å²) in [6.45, 7) is 6.05. The van der Waals surface area contributed by atoms with Gasteiger partial charge in [-0.2, -0.15) is 0 Å². The number of anilines is 1. The molecule has 0 aliphatic heterocycles. The zero-order valence-corrected chi connectivity index (χ0v) is 12.7. The first-order valence-corrected chi connectivity index (χ1v) is 7.14. The summed E-state index contributed by atoms with van der Waals surface area (Å²) in [4.78, 5) is 12.5. The van der Waals surface area contributed by atoms with Crippen molar-refractivity contribution in [1.29, 1.82) is 0 Å². The second kappa shape index (κ2) is 6.44. The number of ether oxygens (including phenoxy) is 1. The second-order valence-corrected chi connectivity index (χ2v) is 5.21. The highest BCUT2D eigenvalue weighted by Crippen LogP contribution is 2.28. The molecule has 0 amide bonds. The predicted octanol–water partition coefficient (Wildman–Crippen LogP) is 3.89. The van der Waals surface area contributed by atoms with E-state index in [-0.39, 0.29) is 5.97 Å². The Bertz CT molecular complexity index is 610. The van der Waals surface area contributed by atoms with Crippen molar-refractivity contribution in [2.45, 2.75) is 26.3 Å². The van der Waals surface area contributed by atoms with E-state index in [1.165, 1.54) is 0 Å². The van der Waals surface area contributed by atoms with Crippen molar-refractivity contribution in [1.82, 2.24) is 0 Å². The van der Waals surface area contributed by atoms with Crippen LogP contribution in [0.25, 0.3) is 0 Å². The molecule has 2 aromatic carbocycles. The molecule has 3 heteroatoms. The van der Waals surface area contributed by atoms with Gasteiger partial charge in [-0.05, 0) is 44.0 Å². The fourth-order valence-corrected chi connectivity index (χ4v) is 2.30. The van der Waals surface area contributed by atoms with Crippen LogP contribution < -0.4 is 5.32 Å². The molecule has 1 N–H and O–H groups in total. The average molecular weight is 283 g/mol. The standard InChI is InChI=1S/C18H21NO2/c1-4-21-17(20)18(3,15-10-6-5-7-11-15)19-16-12-8-9-14(2)13-16/h5-13,19H,4H2,1-3H3. The predicted molar refractivity (Wildman–Crippen MR) is 85.2 cm³/mol. The van der Waals surface area contributed by atoms with Crippen molar-refractivity contribution in [3.63, 3.8) is 0 Å². The lowest BCUT2D eigenvalue weighted by Crippen LogP contribution is -2.42. The molecule has 110 valence electrons. The molecule has 1 unspecified atom stereocenters. The lowest BCUT2D eigenvalue weighted by molar-refractivity contribution is -0.148. The van der Waals surface area contributed by atoms with Crippen LogP contribution in [0.3, 0.4) is 0 Å². The minimum absolute atomic E-state index is 0.280. The quantitative estimate of drug-likeness (QED) is 0.846. The number of nitrogens with one attached hydrogen (secondary N) is 1. The summed E-state index contributed by atoms with van der Waals surface area (Å²) >= 11 is 0. The number of hydrogen-bond donors (Lipinski definition) is 1. The van der Waals surface area contributed by atoms with E-state index in [2.05, 4.69) is 5.32 Å². The SMILES string of the molecule is CCOC(=O)C(C)(Nc1cccc(C)c1)c1ccccc1. The molecule has 0 radical (unpaired) electrons. The summed E-state index contributed by atoms with van der Waals surface area (Å²) in [7, 11) is 0. The Morgan fingerprint density at radius 2 is 1.86 bits per heavy atom. The first-order valence-electron chi connectivity index (χ1n) is 7.14. The number of carbonyl (C=O) groups is 1. The van der Waals surface area contributed by atoms with Crippen LogP contribution in [0.2, 0.25) is 0 Å². The van der Waals surface area contributed by atoms with Gasteiger partial charge in [0.2, 0.25) is 0 Å². The largest absolute Gasteiger partial charge is 0.464 e. The molecule has 2 rings (SSSR count). The molecule has 21 heavy (non-hydrogen) atoms. The van der Waals surface area contributed by atoms with Crippen LogP contribution in [-0.2, 0) is 15.1 Å². The van der Waals surface area contributed by atoms with Crippen molar-refractivity contribution in [3.05, 3.63) is 65.7 Å². The topological polar surface area (TPSA) is 38.3 Å². The van der Waals surface area contributed by atoms with Crippen molar-refractivity contribution in [2.24, 2.45) is 0 Å². The summed E-state index contributed by atoms with van der Waals surface area (Å²) < 4.78 is 5.26. The molecular weight excluding hydrogens is 262 g/mol. The third-order valence-electron chi connectivity index (χ3n) is 3.45. The summed E-state index contributed by atoms with van der Waals surface area (Å²) in [6.07, 6.45) is 0. The Kier molecular flexibility index (Phi) is 4.63. The van der Waals surface area contributed by atoms with E-state index >= 15 is 0 Å². The van der Waals surface area contributed by atoms with Gasteiger partial charge >= 0.3 is 5.97 Å². The number of rotatable bonds is 5. The van der Waals surface area contributed by atoms with Crippen LogP contribution in [0.4, 0.5) is 5.69 Å². The highest BCUT2D eigenvalue weighted by atomic mass is 16.5. The van der Waals surface area contributed by atoms with Gasteiger partial charge in [0.25, 0.3) is 0 Å². The molecule has 1 atom stereocenters. The fraction of sp³-hybridized carbons (Fsp3) is 0.278. The molecule has 0 saturated carbocycles. The van der Waals surface area contributed by atoms with Gasteiger partial charge in [0.15, 0.2) is 5.54 Å². The summed E-state index contributed by atoms with van der Waals surface area (Å²) in [5.41, 5.74) is 2.00. The van der Waals surface area contributed by atoms with Crippen LogP contribution >= 0.6 is 0 Å². The van der Waals surface area contributed by atoms with Crippen molar-refractivity contribution < 1.29 is 9.53 Å². The van der Waals surface area contributed by atoms with Gasteiger partial charge in [0.1, 0.15) is 0 Å². The molecule has 3 nitrogen and oxygen atoms in total. The van der Waals surface area contributed by atoms with E-state index in [0.29, 0.717) is 6.61 Å². The Hall–Kier alpha value is -2.29. The fourth-order valence-electron chi connectivity index (χ4n) is 2.30. The van der Waals surface area contributed by atoms with E-state index < -0.39 is 5.54 Å². The minimum Gasteiger partial charge on any atom is -0.464 e. The Morgan fingerprint density at radius 1 is 1.14 bits per heavy atom. The zero-order valence-electron chi connectivity index (χ0n) is 12.7. The third kappa shape index (κ3) is 3.43. The Morgan fingerprint density at radius 3 is 2.48 bits per heavy atom. The smallest absolute Gasteiger partial charge is 0.336 e. The molecule has 0 aliphatic rings. The number of benzene rings is 2. The Labute approximate surface area is 126 Å². The summed E-state index contributed by atoms with van der Waals surface area (Å²) in [6, 6.07) is 17.6. The van der Waals surface area contributed by atoms with Gasteiger partial charge in [-0.3, -0.25) is 0 Å². The minimum atomic E-state index is -0.912. The van der Waals surface area contributed by atoms with Crippen molar-refractivity contribution >= 4 is 11.7 Å². The van der Waals surface area contributed by atoms with Crippen molar-refractivity contribution in [3.8, 4) is 0 Å². The van der Waals surface area contributed by atoms with Gasteiger partial charge < -0.3 is 10.1 Å². The lowest BCUT2D eigenvalue weighted by atomic mass is 9.91. The molecule has 0 fully saturated rings. The van der Waals surface area contributed by atoms with Gasteiger partial charge in [0, 0.05) is 5.69 Å². The molecule has 0 bridgehead atoms. The van der Waals surface area contributed by atoms with E-state index in [1.807, 2.05) is 75.4 Å². The van der Waals surface area contributed by atoms with Gasteiger partial charge in [0.05, 0.1) is 6.61 Å². The first kappa shape index (κ1) is 15.1. The van der Waals surface area contributed by atoms with Crippen LogP contribution in [0.15, 0.2) is 54.6 Å². The number of aryl methyl sites for hydroxylation is 1. The second-order valence-electron chi connectivity index (χ2n) is 5.21. The Balaban J connectivity index is 2.39. The molecule has 0 saturated heterocycles. The molecule has 0 heterocycles. The molecule has 0 spiro atoms. The molecule has 2 aromatic rings. The molecule has 0 aliphatic carbocycles. The maximum Gasteiger partial charge on any atom is 0.336 e. The van der Waals surface area contributed by atoms with Crippen LogP contribution in [0.5, 0.6) is 0 Å². The highest BCUT2D eigenvalue weighted by Gasteiger charge is 2.36. The maximum atomic E-state index is 12.5. The maximum absolute atomic E-state index is 12.5. The lowest BCUT2D eigenvalue weighted by Gasteiger charge is -2.30. The normalized spacial score (nSPS) is 13.3. The monoisotopic (exact) mass is 283 g/mol. The zero-order chi connectivity index (χ0) is 15.3. The van der Waals surface area contributed by atoms with E-state index in [4.69, 9.17) is 4.74 Å². The highest BCUT2D eigenvalue weighted by molar-refractivity contribution is 5.85. The van der Waals surface area contributed by atoms with E-state index in [0.717, 1.165) is 16.8 Å². The first-order chi connectivity index (χ1) is 10.1. The van der Waals surface area contributed by atoms with Gasteiger partial charge in [-0.25, -0.2) is 4.79 Å². The average Bonchev–Trinajstić information content (AvgIpc) is 2.48. The van der Waals surface area contributed by atoms with Crippen molar-refractivity contribution in [2.75, 3.05) is 11.9 Å². The summed E-state index contributed by atoms with van der Waals surface area (Å²) in [5, 5.41) is 3.32. The number of carbonyl (C=O) groups excluding carboxylic acids is 1. The van der Waals surface area contributed by atoms with Gasteiger partial charge in [-0.15, -0.1) is 0 Å². The van der Waals surface area contributed by atoms with E-state index in [9.17, 15) is 4.79 Å². The van der Waals surface area contributed by atoms with Crippen LogP contribution in [0, 0.1) is 6.92 Å². The third-order valence-corrected chi connectivity index (χ3v) is 3.45. The van der Waals surface area contributed by atoms with E-state index in [1.54, 1.807) is 0 Å². The van der Waals surface area contributed by atoms with Crippen LogP contribution in [-0.4, -0.2) is 12.6 Å². The molecular formula is C18H21NO2. The number of esters is 1. The van der Waals surface area contributed by atoms with Gasteiger partial charge in [-0.1, -0.05) is 42.5 Å². The molecule has 0 aromatic heterocycles. The van der Waals surface area contributed by atoms with Crippen LogP contribution in [0.1, 0.15) is 25.0 Å². The summed E-state index contributed by atoms with van der Waals surface area (Å²) in [5.74, 6) is -0.280.